The lowest BCUT2D eigenvalue weighted by Crippen LogP contribution is -2.66. The molecule has 2 nitrogen and oxygen atoms in total. The second-order valence-electron chi connectivity index (χ2n) is 6.52. The molecule has 1 aliphatic carbocycles. The molecule has 1 aliphatic heterocycles. The van der Waals surface area contributed by atoms with E-state index in [1.165, 1.54) is 38.6 Å². The van der Waals surface area contributed by atoms with E-state index in [9.17, 15) is 0 Å². The van der Waals surface area contributed by atoms with Crippen molar-refractivity contribution in [2.45, 2.75) is 64.5 Å². The van der Waals surface area contributed by atoms with E-state index in [0.717, 1.165) is 6.54 Å². The monoisotopic (exact) mass is 210 g/mol. The Bertz CT molecular complexity index is 201. The summed E-state index contributed by atoms with van der Waals surface area (Å²) in [6.07, 6.45) is 7.00. The molecule has 2 aliphatic rings. The molecule has 1 heterocycles. The smallest absolute Gasteiger partial charge is 0.0307 e. The van der Waals surface area contributed by atoms with E-state index < -0.39 is 0 Å². The number of piperazine rings is 1. The SMILES string of the molecule is CC(C)(C)C1CNC2(CCCCC2)CN1. The fourth-order valence-corrected chi connectivity index (χ4v) is 2.97. The molecule has 1 saturated heterocycles. The van der Waals surface area contributed by atoms with Crippen LogP contribution in [-0.4, -0.2) is 24.7 Å². The Labute approximate surface area is 94.2 Å². The second-order valence-corrected chi connectivity index (χ2v) is 6.52. The summed E-state index contributed by atoms with van der Waals surface area (Å²) in [6.45, 7) is 9.29. The highest BCUT2D eigenvalue weighted by molar-refractivity contribution is 5.00. The Morgan fingerprint density at radius 1 is 1.07 bits per heavy atom. The highest BCUT2D eigenvalue weighted by Crippen LogP contribution is 2.31. The summed E-state index contributed by atoms with van der Waals surface area (Å²) < 4.78 is 0. The summed E-state index contributed by atoms with van der Waals surface area (Å²) in [7, 11) is 0. The molecule has 0 aromatic carbocycles. The van der Waals surface area contributed by atoms with Crippen LogP contribution in [0.1, 0.15) is 52.9 Å². The predicted molar refractivity (Wildman–Crippen MR) is 65.1 cm³/mol. The largest absolute Gasteiger partial charge is 0.310 e. The van der Waals surface area contributed by atoms with Crippen LogP contribution in [0.2, 0.25) is 0 Å². The van der Waals surface area contributed by atoms with Crippen molar-refractivity contribution in [3.8, 4) is 0 Å². The van der Waals surface area contributed by atoms with Gasteiger partial charge in [0.15, 0.2) is 0 Å². The van der Waals surface area contributed by atoms with Crippen molar-refractivity contribution < 1.29 is 0 Å². The zero-order chi connectivity index (χ0) is 10.9. The molecule has 0 aromatic heterocycles. The number of nitrogens with one attached hydrogen (secondary N) is 2. The highest BCUT2D eigenvalue weighted by atomic mass is 15.1. The summed E-state index contributed by atoms with van der Waals surface area (Å²) in [5.74, 6) is 0. The molecule has 1 atom stereocenters. The van der Waals surface area contributed by atoms with Gasteiger partial charge in [0.05, 0.1) is 0 Å². The summed E-state index contributed by atoms with van der Waals surface area (Å²) in [5, 5.41) is 7.59. The molecule has 2 fully saturated rings. The van der Waals surface area contributed by atoms with Gasteiger partial charge in [0, 0.05) is 24.7 Å². The Morgan fingerprint density at radius 3 is 2.20 bits per heavy atom. The Morgan fingerprint density at radius 2 is 1.73 bits per heavy atom. The van der Waals surface area contributed by atoms with Crippen LogP contribution in [0.3, 0.4) is 0 Å². The average Bonchev–Trinajstić information content (AvgIpc) is 2.18. The molecule has 1 unspecified atom stereocenters. The lowest BCUT2D eigenvalue weighted by molar-refractivity contribution is 0.131. The quantitative estimate of drug-likeness (QED) is 0.641. The third kappa shape index (κ3) is 2.54. The molecule has 0 aromatic rings. The normalized spacial score (nSPS) is 31.8. The summed E-state index contributed by atoms with van der Waals surface area (Å²) >= 11 is 0. The molecule has 2 rings (SSSR count). The van der Waals surface area contributed by atoms with Crippen LogP contribution in [0.25, 0.3) is 0 Å². The van der Waals surface area contributed by atoms with Crippen LogP contribution in [0.4, 0.5) is 0 Å². The van der Waals surface area contributed by atoms with Crippen LogP contribution in [0, 0.1) is 5.41 Å². The van der Waals surface area contributed by atoms with Crippen LogP contribution in [0.15, 0.2) is 0 Å². The molecule has 1 saturated carbocycles. The fraction of sp³-hybridized carbons (Fsp3) is 1.00. The van der Waals surface area contributed by atoms with Gasteiger partial charge in [0.1, 0.15) is 0 Å². The molecule has 88 valence electrons. The average molecular weight is 210 g/mol. The maximum Gasteiger partial charge on any atom is 0.0307 e. The van der Waals surface area contributed by atoms with E-state index in [1.807, 2.05) is 0 Å². The van der Waals surface area contributed by atoms with Crippen LogP contribution < -0.4 is 10.6 Å². The van der Waals surface area contributed by atoms with Gasteiger partial charge < -0.3 is 10.6 Å². The first-order valence-corrected chi connectivity index (χ1v) is 6.50. The zero-order valence-corrected chi connectivity index (χ0v) is 10.5. The third-order valence-electron chi connectivity index (χ3n) is 4.22. The van der Waals surface area contributed by atoms with E-state index in [2.05, 4.69) is 31.4 Å². The van der Waals surface area contributed by atoms with Gasteiger partial charge in [-0.15, -0.1) is 0 Å². The third-order valence-corrected chi connectivity index (χ3v) is 4.22. The van der Waals surface area contributed by atoms with Crippen molar-refractivity contribution in [2.24, 2.45) is 5.41 Å². The molecule has 0 bridgehead atoms. The van der Waals surface area contributed by atoms with Crippen LogP contribution >= 0.6 is 0 Å². The number of hydrogen-bond acceptors (Lipinski definition) is 2. The lowest BCUT2D eigenvalue weighted by atomic mass is 9.77. The minimum Gasteiger partial charge on any atom is -0.310 e. The minimum absolute atomic E-state index is 0.378. The van der Waals surface area contributed by atoms with Gasteiger partial charge in [-0.1, -0.05) is 40.0 Å². The maximum atomic E-state index is 3.83. The first-order valence-electron chi connectivity index (χ1n) is 6.50. The van der Waals surface area contributed by atoms with Crippen molar-refractivity contribution >= 4 is 0 Å². The van der Waals surface area contributed by atoms with E-state index in [0.29, 0.717) is 17.0 Å². The molecule has 0 radical (unpaired) electrons. The topological polar surface area (TPSA) is 24.1 Å². The molecule has 1 spiro atoms. The first kappa shape index (κ1) is 11.4. The van der Waals surface area contributed by atoms with E-state index in [4.69, 9.17) is 0 Å². The molecule has 15 heavy (non-hydrogen) atoms. The molecule has 2 heteroatoms. The van der Waals surface area contributed by atoms with Gasteiger partial charge in [-0.3, -0.25) is 0 Å². The van der Waals surface area contributed by atoms with Gasteiger partial charge in [-0.2, -0.15) is 0 Å². The molecular weight excluding hydrogens is 184 g/mol. The highest BCUT2D eigenvalue weighted by Gasteiger charge is 2.38. The number of rotatable bonds is 0. The van der Waals surface area contributed by atoms with E-state index >= 15 is 0 Å². The maximum absolute atomic E-state index is 3.83. The summed E-state index contributed by atoms with van der Waals surface area (Å²) in [6, 6.07) is 0.630. The van der Waals surface area contributed by atoms with Crippen molar-refractivity contribution in [1.82, 2.24) is 10.6 Å². The number of hydrogen-bond donors (Lipinski definition) is 2. The van der Waals surface area contributed by atoms with Gasteiger partial charge in [-0.05, 0) is 18.3 Å². The molecule has 2 N–H and O–H groups in total. The summed E-state index contributed by atoms with van der Waals surface area (Å²) in [4.78, 5) is 0. The van der Waals surface area contributed by atoms with Gasteiger partial charge >= 0.3 is 0 Å². The van der Waals surface area contributed by atoms with Crippen molar-refractivity contribution in [3.63, 3.8) is 0 Å². The molecular formula is C13H26N2. The van der Waals surface area contributed by atoms with Gasteiger partial charge in [0.2, 0.25) is 0 Å². The van der Waals surface area contributed by atoms with Crippen molar-refractivity contribution in [2.75, 3.05) is 13.1 Å². The van der Waals surface area contributed by atoms with Gasteiger partial charge in [-0.25, -0.2) is 0 Å². The standard InChI is InChI=1S/C13H26N2/c1-12(2,3)11-9-15-13(10-14-11)7-5-4-6-8-13/h11,14-15H,4-10H2,1-3H3. The Kier molecular flexibility index (Phi) is 3.09. The molecule has 0 amide bonds. The van der Waals surface area contributed by atoms with E-state index in [-0.39, 0.29) is 0 Å². The minimum atomic E-state index is 0.378. The summed E-state index contributed by atoms with van der Waals surface area (Å²) in [5.41, 5.74) is 0.823. The second kappa shape index (κ2) is 4.06. The van der Waals surface area contributed by atoms with Crippen molar-refractivity contribution in [3.05, 3.63) is 0 Å². The van der Waals surface area contributed by atoms with Crippen LogP contribution in [-0.2, 0) is 0 Å². The Hall–Kier alpha value is -0.0800. The van der Waals surface area contributed by atoms with Crippen molar-refractivity contribution in [1.29, 1.82) is 0 Å². The lowest BCUT2D eigenvalue weighted by Gasteiger charge is -2.47. The first-order chi connectivity index (χ1) is 7.02. The van der Waals surface area contributed by atoms with Gasteiger partial charge in [0.25, 0.3) is 0 Å². The Balaban J connectivity index is 1.91. The van der Waals surface area contributed by atoms with Crippen LogP contribution in [0.5, 0.6) is 0 Å². The van der Waals surface area contributed by atoms with E-state index in [1.54, 1.807) is 0 Å². The predicted octanol–water partition coefficient (Wildman–Crippen LogP) is 2.30. The fourth-order valence-electron chi connectivity index (χ4n) is 2.97. The zero-order valence-electron chi connectivity index (χ0n) is 10.5.